The Morgan fingerprint density at radius 1 is 1.10 bits per heavy atom. The van der Waals surface area contributed by atoms with Crippen LogP contribution in [0.2, 0.25) is 0 Å². The van der Waals surface area contributed by atoms with Crippen LogP contribution in [0.15, 0.2) is 69.7 Å². The molecule has 1 aliphatic heterocycles. The van der Waals surface area contributed by atoms with Gasteiger partial charge >= 0.3 is 0 Å². The zero-order valence-corrected chi connectivity index (χ0v) is 17.1. The van der Waals surface area contributed by atoms with E-state index in [0.29, 0.717) is 11.6 Å². The van der Waals surface area contributed by atoms with E-state index in [9.17, 15) is 0 Å². The van der Waals surface area contributed by atoms with Crippen molar-refractivity contribution in [3.8, 4) is 28.5 Å². The summed E-state index contributed by atoms with van der Waals surface area (Å²) in [5, 5.41) is 10.1. The molecule has 0 saturated carbocycles. The molecule has 3 heterocycles. The molecule has 1 atom stereocenters. The Kier molecular flexibility index (Phi) is 4.90. The molecule has 1 fully saturated rings. The summed E-state index contributed by atoms with van der Waals surface area (Å²) in [5.74, 6) is 1.83. The molecule has 0 aliphatic carbocycles. The average Bonchev–Trinajstić information content (AvgIpc) is 3.51. The Hall–Kier alpha value is -3.29. The normalized spacial score (nSPS) is 16.9. The van der Waals surface area contributed by atoms with Gasteiger partial charge in [0, 0.05) is 24.4 Å². The second-order valence-corrected chi connectivity index (χ2v) is 8.05. The molecule has 30 heavy (non-hydrogen) atoms. The molecular formula is C26H24N2O2. The predicted molar refractivity (Wildman–Crippen MR) is 118 cm³/mol. The van der Waals surface area contributed by atoms with E-state index in [2.05, 4.69) is 30.0 Å². The maximum atomic E-state index is 9.05. The van der Waals surface area contributed by atoms with Crippen LogP contribution in [-0.4, -0.2) is 24.0 Å². The summed E-state index contributed by atoms with van der Waals surface area (Å²) in [5.41, 5.74) is 4.77. The van der Waals surface area contributed by atoms with Crippen LogP contribution in [0.5, 0.6) is 0 Å². The molecule has 0 amide bonds. The van der Waals surface area contributed by atoms with E-state index in [1.165, 1.54) is 19.4 Å². The van der Waals surface area contributed by atoms with Gasteiger partial charge in [0.2, 0.25) is 0 Å². The number of hydrogen-bond acceptors (Lipinski definition) is 4. The highest BCUT2D eigenvalue weighted by Crippen LogP contribution is 2.38. The lowest BCUT2D eigenvalue weighted by Gasteiger charge is -2.20. The third kappa shape index (κ3) is 3.42. The zero-order valence-electron chi connectivity index (χ0n) is 17.1. The zero-order chi connectivity index (χ0) is 20.5. The van der Waals surface area contributed by atoms with Crippen LogP contribution >= 0.6 is 0 Å². The monoisotopic (exact) mass is 396 g/mol. The molecule has 1 aliphatic rings. The van der Waals surface area contributed by atoms with E-state index in [0.717, 1.165) is 52.1 Å². The van der Waals surface area contributed by atoms with Crippen LogP contribution in [0, 0.1) is 11.3 Å². The average molecular weight is 396 g/mol. The number of nitrogens with zero attached hydrogens (tertiary/aromatic N) is 2. The molecule has 4 nitrogen and oxygen atoms in total. The van der Waals surface area contributed by atoms with Crippen molar-refractivity contribution in [3.63, 3.8) is 0 Å². The first-order valence-electron chi connectivity index (χ1n) is 10.6. The van der Waals surface area contributed by atoms with Crippen LogP contribution < -0.4 is 0 Å². The molecule has 0 unspecified atom stereocenters. The van der Waals surface area contributed by atoms with Gasteiger partial charge in [-0.15, -0.1) is 0 Å². The van der Waals surface area contributed by atoms with Crippen molar-refractivity contribution in [2.45, 2.75) is 32.2 Å². The quantitative estimate of drug-likeness (QED) is 0.400. The number of rotatable bonds is 5. The minimum Gasteiger partial charge on any atom is -0.464 e. The van der Waals surface area contributed by atoms with E-state index in [4.69, 9.17) is 14.1 Å². The second kappa shape index (κ2) is 7.85. The summed E-state index contributed by atoms with van der Waals surface area (Å²) in [4.78, 5) is 2.54. The minimum absolute atomic E-state index is 0.643. The highest BCUT2D eigenvalue weighted by atomic mass is 16.3. The van der Waals surface area contributed by atoms with Crippen molar-refractivity contribution in [2.24, 2.45) is 0 Å². The first-order valence-corrected chi connectivity index (χ1v) is 10.6. The molecule has 2 aromatic carbocycles. The Balaban J connectivity index is 1.55. The van der Waals surface area contributed by atoms with Gasteiger partial charge < -0.3 is 13.7 Å². The van der Waals surface area contributed by atoms with Gasteiger partial charge in [0.25, 0.3) is 0 Å². The highest BCUT2D eigenvalue weighted by Gasteiger charge is 2.23. The first kappa shape index (κ1) is 18.7. The highest BCUT2D eigenvalue weighted by molar-refractivity contribution is 5.97. The summed E-state index contributed by atoms with van der Waals surface area (Å²) >= 11 is 0. The topological polar surface area (TPSA) is 53.3 Å². The number of fused-ring (bicyclic) bond motifs is 1. The van der Waals surface area contributed by atoms with Crippen LogP contribution in [0.1, 0.15) is 31.1 Å². The fourth-order valence-corrected chi connectivity index (χ4v) is 4.50. The Labute approximate surface area is 176 Å². The van der Waals surface area contributed by atoms with Crippen molar-refractivity contribution in [2.75, 3.05) is 13.1 Å². The molecule has 2 aromatic heterocycles. The molecule has 4 heteroatoms. The van der Waals surface area contributed by atoms with Crippen molar-refractivity contribution in [3.05, 3.63) is 72.2 Å². The van der Waals surface area contributed by atoms with Gasteiger partial charge in [0.05, 0.1) is 23.5 Å². The SMILES string of the molecule is C[C@@H]1CCCN1CCc1oc2ccc(-c3ccc(C#N)cc3)cc2c1-c1ccco1. The molecule has 1 saturated heterocycles. The van der Waals surface area contributed by atoms with Crippen molar-refractivity contribution in [1.82, 2.24) is 4.90 Å². The molecule has 0 spiro atoms. The summed E-state index contributed by atoms with van der Waals surface area (Å²) < 4.78 is 12.1. The molecule has 0 radical (unpaired) electrons. The lowest BCUT2D eigenvalue weighted by molar-refractivity contribution is 0.266. The fourth-order valence-electron chi connectivity index (χ4n) is 4.50. The maximum absolute atomic E-state index is 9.05. The number of hydrogen-bond donors (Lipinski definition) is 0. The lowest BCUT2D eigenvalue weighted by Crippen LogP contribution is -2.28. The number of furan rings is 2. The molecule has 4 aromatic rings. The van der Waals surface area contributed by atoms with Gasteiger partial charge in [-0.05, 0) is 73.8 Å². The van der Waals surface area contributed by atoms with Gasteiger partial charge in [-0.2, -0.15) is 5.26 Å². The Morgan fingerprint density at radius 2 is 1.93 bits per heavy atom. The van der Waals surface area contributed by atoms with Gasteiger partial charge in [0.15, 0.2) is 0 Å². The van der Waals surface area contributed by atoms with Crippen molar-refractivity contribution < 1.29 is 8.83 Å². The smallest absolute Gasteiger partial charge is 0.137 e. The summed E-state index contributed by atoms with van der Waals surface area (Å²) in [6, 6.07) is 20.7. The van der Waals surface area contributed by atoms with E-state index >= 15 is 0 Å². The van der Waals surface area contributed by atoms with Crippen molar-refractivity contribution >= 4 is 11.0 Å². The van der Waals surface area contributed by atoms with E-state index < -0.39 is 0 Å². The Morgan fingerprint density at radius 3 is 2.63 bits per heavy atom. The van der Waals surface area contributed by atoms with Crippen LogP contribution in [0.4, 0.5) is 0 Å². The maximum Gasteiger partial charge on any atom is 0.137 e. The third-order valence-electron chi connectivity index (χ3n) is 6.19. The lowest BCUT2D eigenvalue weighted by atomic mass is 10.00. The standard InChI is InChI=1S/C26H24N2O2/c1-18-4-2-13-28(18)14-12-25-26(24-5-3-15-29-24)22-16-21(10-11-23(22)30-25)20-8-6-19(17-27)7-9-20/h3,5-11,15-16,18H,2,4,12-14H2,1H3/t18-/m1/s1. The molecule has 0 N–H and O–H groups in total. The van der Waals surface area contributed by atoms with E-state index in [1.807, 2.05) is 42.5 Å². The number of benzene rings is 2. The second-order valence-electron chi connectivity index (χ2n) is 8.05. The predicted octanol–water partition coefficient (Wildman–Crippen LogP) is 6.26. The Bertz CT molecular complexity index is 1200. The van der Waals surface area contributed by atoms with E-state index in [1.54, 1.807) is 6.26 Å². The summed E-state index contributed by atoms with van der Waals surface area (Å²) in [7, 11) is 0. The first-order chi connectivity index (χ1) is 14.7. The van der Waals surface area contributed by atoms with Gasteiger partial charge in [-0.1, -0.05) is 18.2 Å². The third-order valence-corrected chi connectivity index (χ3v) is 6.19. The molecule has 0 bridgehead atoms. The number of likely N-dealkylation sites (tertiary alicyclic amines) is 1. The fraction of sp³-hybridized carbons (Fsp3) is 0.269. The van der Waals surface area contributed by atoms with Gasteiger partial charge in [-0.3, -0.25) is 0 Å². The summed E-state index contributed by atoms with van der Waals surface area (Å²) in [6.45, 7) is 4.47. The van der Waals surface area contributed by atoms with Crippen LogP contribution in [0.25, 0.3) is 33.4 Å². The van der Waals surface area contributed by atoms with Gasteiger partial charge in [0.1, 0.15) is 17.1 Å². The molecule has 5 rings (SSSR count). The summed E-state index contributed by atoms with van der Waals surface area (Å²) in [6.07, 6.45) is 5.13. The van der Waals surface area contributed by atoms with E-state index in [-0.39, 0.29) is 0 Å². The van der Waals surface area contributed by atoms with Crippen LogP contribution in [-0.2, 0) is 6.42 Å². The largest absolute Gasteiger partial charge is 0.464 e. The van der Waals surface area contributed by atoms with Gasteiger partial charge in [-0.25, -0.2) is 0 Å². The minimum atomic E-state index is 0.643. The number of nitriles is 1. The molecule has 150 valence electrons. The van der Waals surface area contributed by atoms with Crippen molar-refractivity contribution in [1.29, 1.82) is 5.26 Å². The van der Waals surface area contributed by atoms with Crippen LogP contribution in [0.3, 0.4) is 0 Å². The molecular weight excluding hydrogens is 372 g/mol.